The number of nitrogens with one attached hydrogen (secondary N) is 1. The molecule has 1 fully saturated rings. The van der Waals surface area contributed by atoms with Crippen molar-refractivity contribution < 1.29 is 9.32 Å². The van der Waals surface area contributed by atoms with Gasteiger partial charge in [-0.05, 0) is 12.1 Å². The summed E-state index contributed by atoms with van der Waals surface area (Å²) in [7, 11) is 0. The zero-order valence-corrected chi connectivity index (χ0v) is 20.7. The number of anilines is 1. The van der Waals surface area contributed by atoms with Crippen molar-refractivity contribution in [3.05, 3.63) is 78.4 Å². The molecule has 0 spiro atoms. The van der Waals surface area contributed by atoms with Gasteiger partial charge in [0.15, 0.2) is 5.82 Å². The number of para-hydroxylation sites is 1. The van der Waals surface area contributed by atoms with Gasteiger partial charge in [-0.15, -0.1) is 0 Å². The SMILES string of the molecule is CC(C)c1noc(CN2CCN(CC(=O)Nc3cc(-c4ccccc4)nn3-c3ccccc3)CC2)n1. The Bertz CT molecular complexity index is 1280. The summed E-state index contributed by atoms with van der Waals surface area (Å²) in [5, 5.41) is 11.9. The highest BCUT2D eigenvalue weighted by atomic mass is 16.5. The van der Waals surface area contributed by atoms with Gasteiger partial charge in [0.05, 0.1) is 24.5 Å². The van der Waals surface area contributed by atoms with Gasteiger partial charge in [0.1, 0.15) is 5.82 Å². The molecule has 1 saturated heterocycles. The molecule has 0 aliphatic carbocycles. The van der Waals surface area contributed by atoms with E-state index in [-0.39, 0.29) is 11.8 Å². The molecule has 5 rings (SSSR count). The molecular weight excluding hydrogens is 454 g/mol. The summed E-state index contributed by atoms with van der Waals surface area (Å²) in [5.41, 5.74) is 2.70. The van der Waals surface area contributed by atoms with Crippen molar-refractivity contribution in [2.24, 2.45) is 0 Å². The molecule has 2 aromatic carbocycles. The van der Waals surface area contributed by atoms with Crippen molar-refractivity contribution in [3.8, 4) is 16.9 Å². The van der Waals surface area contributed by atoms with Crippen molar-refractivity contribution >= 4 is 11.7 Å². The molecule has 186 valence electrons. The van der Waals surface area contributed by atoms with E-state index < -0.39 is 0 Å². The zero-order chi connectivity index (χ0) is 24.9. The number of carbonyl (C=O) groups is 1. The molecule has 0 unspecified atom stereocenters. The Morgan fingerprint density at radius 3 is 2.31 bits per heavy atom. The van der Waals surface area contributed by atoms with E-state index in [4.69, 9.17) is 9.62 Å². The van der Waals surface area contributed by atoms with E-state index in [1.165, 1.54) is 0 Å². The molecule has 0 saturated carbocycles. The number of hydrogen-bond acceptors (Lipinski definition) is 7. The number of aromatic nitrogens is 4. The Hall–Kier alpha value is -3.82. The molecule has 0 atom stereocenters. The van der Waals surface area contributed by atoms with Gasteiger partial charge < -0.3 is 9.84 Å². The van der Waals surface area contributed by atoms with Crippen LogP contribution in [0.2, 0.25) is 0 Å². The van der Waals surface area contributed by atoms with E-state index in [1.807, 2.05) is 80.6 Å². The highest BCUT2D eigenvalue weighted by Gasteiger charge is 2.22. The monoisotopic (exact) mass is 485 g/mol. The van der Waals surface area contributed by atoms with Gasteiger partial charge in [0, 0.05) is 43.7 Å². The molecule has 1 N–H and O–H groups in total. The Labute approximate surface area is 210 Å². The summed E-state index contributed by atoms with van der Waals surface area (Å²) >= 11 is 0. The predicted molar refractivity (Wildman–Crippen MR) is 138 cm³/mol. The third-order valence-corrected chi connectivity index (χ3v) is 6.24. The maximum absolute atomic E-state index is 13.0. The minimum atomic E-state index is -0.0568. The van der Waals surface area contributed by atoms with Crippen LogP contribution < -0.4 is 5.32 Å². The second-order valence-electron chi connectivity index (χ2n) is 9.33. The van der Waals surface area contributed by atoms with Crippen molar-refractivity contribution in [2.45, 2.75) is 26.3 Å². The van der Waals surface area contributed by atoms with Gasteiger partial charge in [-0.3, -0.25) is 14.6 Å². The number of rotatable bonds is 8. The average Bonchev–Trinajstić information content (AvgIpc) is 3.54. The van der Waals surface area contributed by atoms with Crippen molar-refractivity contribution in [2.75, 3.05) is 38.0 Å². The molecule has 9 nitrogen and oxygen atoms in total. The van der Waals surface area contributed by atoms with Crippen molar-refractivity contribution in [1.82, 2.24) is 29.7 Å². The molecule has 4 aromatic rings. The van der Waals surface area contributed by atoms with Crippen LogP contribution in [0.5, 0.6) is 0 Å². The van der Waals surface area contributed by atoms with Crippen LogP contribution in [0.3, 0.4) is 0 Å². The first-order valence-electron chi connectivity index (χ1n) is 12.3. The molecule has 0 radical (unpaired) electrons. The minimum Gasteiger partial charge on any atom is -0.338 e. The lowest BCUT2D eigenvalue weighted by Gasteiger charge is -2.33. The Morgan fingerprint density at radius 1 is 0.972 bits per heavy atom. The number of benzene rings is 2. The fourth-order valence-corrected chi connectivity index (χ4v) is 4.24. The van der Waals surface area contributed by atoms with Crippen LogP contribution >= 0.6 is 0 Å². The second-order valence-corrected chi connectivity index (χ2v) is 9.33. The normalized spacial score (nSPS) is 14.9. The Kier molecular flexibility index (Phi) is 7.20. The summed E-state index contributed by atoms with van der Waals surface area (Å²) in [6, 6.07) is 21.7. The van der Waals surface area contributed by atoms with Crippen molar-refractivity contribution in [3.63, 3.8) is 0 Å². The van der Waals surface area contributed by atoms with Crippen LogP contribution in [-0.2, 0) is 11.3 Å². The topological polar surface area (TPSA) is 92.3 Å². The van der Waals surface area contributed by atoms with Crippen LogP contribution in [0, 0.1) is 0 Å². The predicted octanol–water partition coefficient (Wildman–Crippen LogP) is 3.80. The van der Waals surface area contributed by atoms with E-state index >= 15 is 0 Å². The van der Waals surface area contributed by atoms with Crippen LogP contribution in [0.4, 0.5) is 5.82 Å². The smallest absolute Gasteiger partial charge is 0.240 e. The van der Waals surface area contributed by atoms with Crippen LogP contribution in [0.1, 0.15) is 31.5 Å². The lowest BCUT2D eigenvalue weighted by atomic mass is 10.1. The van der Waals surface area contributed by atoms with Crippen LogP contribution in [0.15, 0.2) is 71.3 Å². The van der Waals surface area contributed by atoms with Crippen LogP contribution in [-0.4, -0.2) is 68.4 Å². The van der Waals surface area contributed by atoms with E-state index in [9.17, 15) is 4.79 Å². The molecule has 36 heavy (non-hydrogen) atoms. The van der Waals surface area contributed by atoms with E-state index in [0.29, 0.717) is 24.8 Å². The summed E-state index contributed by atoms with van der Waals surface area (Å²) < 4.78 is 7.17. The lowest BCUT2D eigenvalue weighted by Crippen LogP contribution is -2.48. The molecular formula is C27H31N7O2. The lowest BCUT2D eigenvalue weighted by molar-refractivity contribution is -0.117. The Balaban J connectivity index is 1.20. The third-order valence-electron chi connectivity index (χ3n) is 6.24. The first-order valence-corrected chi connectivity index (χ1v) is 12.3. The maximum Gasteiger partial charge on any atom is 0.240 e. The second kappa shape index (κ2) is 10.8. The first-order chi connectivity index (χ1) is 17.5. The van der Waals surface area contributed by atoms with Gasteiger partial charge >= 0.3 is 0 Å². The molecule has 1 aliphatic rings. The fourth-order valence-electron chi connectivity index (χ4n) is 4.24. The molecule has 2 aromatic heterocycles. The molecule has 0 bridgehead atoms. The maximum atomic E-state index is 13.0. The first kappa shape index (κ1) is 23.9. The summed E-state index contributed by atoms with van der Waals surface area (Å²) in [4.78, 5) is 21.9. The average molecular weight is 486 g/mol. The minimum absolute atomic E-state index is 0.0568. The highest BCUT2D eigenvalue weighted by Crippen LogP contribution is 2.24. The standard InChI is InChI=1S/C27H31N7O2/c1-20(2)27-29-26(36-31-27)19-33-15-13-32(14-16-33)18-25(35)28-24-17-23(21-9-5-3-6-10-21)30-34(24)22-11-7-4-8-12-22/h3-12,17,20H,13-16,18-19H2,1-2H3,(H,28,35). The summed E-state index contributed by atoms with van der Waals surface area (Å²) in [6.45, 7) is 8.34. The number of nitrogens with zero attached hydrogens (tertiary/aromatic N) is 6. The molecule has 1 amide bonds. The van der Waals surface area contributed by atoms with Gasteiger partial charge in [-0.1, -0.05) is 67.5 Å². The van der Waals surface area contributed by atoms with Gasteiger partial charge in [0.2, 0.25) is 11.8 Å². The van der Waals surface area contributed by atoms with E-state index in [2.05, 4.69) is 25.3 Å². The number of hydrogen-bond donors (Lipinski definition) is 1. The largest absolute Gasteiger partial charge is 0.338 e. The Morgan fingerprint density at radius 2 is 1.64 bits per heavy atom. The van der Waals surface area contributed by atoms with E-state index in [0.717, 1.165) is 48.9 Å². The van der Waals surface area contributed by atoms with E-state index in [1.54, 1.807) is 4.68 Å². The van der Waals surface area contributed by atoms with Gasteiger partial charge in [-0.2, -0.15) is 10.1 Å². The highest BCUT2D eigenvalue weighted by molar-refractivity contribution is 5.92. The molecule has 3 heterocycles. The summed E-state index contributed by atoms with van der Waals surface area (Å²) in [5.74, 6) is 2.23. The summed E-state index contributed by atoms with van der Waals surface area (Å²) in [6.07, 6.45) is 0. The fraction of sp³-hybridized carbons (Fsp3) is 0.333. The van der Waals surface area contributed by atoms with Gasteiger partial charge in [0.25, 0.3) is 0 Å². The molecule has 1 aliphatic heterocycles. The van der Waals surface area contributed by atoms with Gasteiger partial charge in [-0.25, -0.2) is 4.68 Å². The third kappa shape index (κ3) is 5.69. The molecule has 9 heteroatoms. The number of carbonyl (C=O) groups excluding carboxylic acids is 1. The zero-order valence-electron chi connectivity index (χ0n) is 20.7. The number of piperazine rings is 1. The quantitative estimate of drug-likeness (QED) is 0.406. The number of amides is 1. The van der Waals surface area contributed by atoms with Crippen LogP contribution in [0.25, 0.3) is 16.9 Å². The van der Waals surface area contributed by atoms with Crippen molar-refractivity contribution in [1.29, 1.82) is 0 Å².